The van der Waals surface area contributed by atoms with Crippen LogP contribution in [0.5, 0.6) is 0 Å². The molecule has 0 radical (unpaired) electrons. The van der Waals surface area contributed by atoms with E-state index in [2.05, 4.69) is 0 Å². The molecule has 2 heterocycles. The molecule has 1 aliphatic heterocycles. The van der Waals surface area contributed by atoms with Gasteiger partial charge in [0.15, 0.2) is 0 Å². The lowest BCUT2D eigenvalue weighted by Crippen LogP contribution is -2.42. The molecule has 2 aromatic carbocycles. The van der Waals surface area contributed by atoms with Crippen molar-refractivity contribution in [2.75, 3.05) is 19.3 Å². The fourth-order valence-corrected chi connectivity index (χ4v) is 6.20. The smallest absolute Gasteiger partial charge is 0.475 e. The zero-order valence-corrected chi connectivity index (χ0v) is 22.6. The van der Waals surface area contributed by atoms with Crippen molar-refractivity contribution in [3.05, 3.63) is 57.2 Å². The molecule has 0 aliphatic carbocycles. The van der Waals surface area contributed by atoms with Crippen LogP contribution in [0.2, 0.25) is 5.02 Å². The Morgan fingerprint density at radius 3 is 2.49 bits per heavy atom. The molecule has 16 heteroatoms. The Hall–Kier alpha value is -3.40. The van der Waals surface area contributed by atoms with E-state index in [1.54, 1.807) is 35.2 Å². The first-order valence-corrected chi connectivity index (χ1v) is 13.7. The molecule has 10 nitrogen and oxygen atoms in total. The summed E-state index contributed by atoms with van der Waals surface area (Å²) >= 11 is 7.57. The van der Waals surface area contributed by atoms with Gasteiger partial charge in [-0.25, -0.2) is 13.2 Å². The Labute approximate surface area is 230 Å². The molecule has 1 amide bonds. The first kappa shape index (κ1) is 30.1. The molecular weight excluding hydrogens is 583 g/mol. The highest BCUT2D eigenvalue weighted by Crippen LogP contribution is 2.32. The molecule has 1 aromatic heterocycles. The maximum Gasteiger partial charge on any atom is 0.490 e. The molecule has 1 atom stereocenters. The number of nitrogens with zero attached hydrogens (tertiary/aromatic N) is 2. The van der Waals surface area contributed by atoms with E-state index in [0.717, 1.165) is 9.87 Å². The minimum absolute atomic E-state index is 0.0166. The summed E-state index contributed by atoms with van der Waals surface area (Å²) in [5.41, 5.74) is 12.6. The minimum atomic E-state index is -5.08. The number of nitrogens with two attached hydrogens (primary N) is 2. The summed E-state index contributed by atoms with van der Waals surface area (Å²) < 4.78 is 59.4. The number of nitrogens with one attached hydrogen (secondary N) is 1. The predicted molar refractivity (Wildman–Crippen MR) is 141 cm³/mol. The van der Waals surface area contributed by atoms with Crippen LogP contribution in [0.15, 0.2) is 46.7 Å². The predicted octanol–water partition coefficient (Wildman–Crippen LogP) is 3.48. The monoisotopic (exact) mass is 605 g/mol. The maximum absolute atomic E-state index is 13.3. The first-order valence-electron chi connectivity index (χ1n) is 11.0. The van der Waals surface area contributed by atoms with Crippen molar-refractivity contribution >= 4 is 67.1 Å². The van der Waals surface area contributed by atoms with Gasteiger partial charge in [0.1, 0.15) is 11.9 Å². The number of carbonyl (C=O) groups excluding carboxylic acids is 1. The van der Waals surface area contributed by atoms with Crippen molar-refractivity contribution in [1.82, 2.24) is 9.21 Å². The minimum Gasteiger partial charge on any atom is -0.475 e. The number of alkyl halides is 3. The van der Waals surface area contributed by atoms with Crippen molar-refractivity contribution in [3.63, 3.8) is 0 Å². The summed E-state index contributed by atoms with van der Waals surface area (Å²) in [6.45, 7) is 0.796. The summed E-state index contributed by atoms with van der Waals surface area (Å²) in [5.74, 6) is -3.02. The van der Waals surface area contributed by atoms with Crippen LogP contribution in [-0.2, 0) is 26.2 Å². The molecule has 0 bridgehead atoms. The van der Waals surface area contributed by atoms with E-state index >= 15 is 0 Å². The third-order valence-electron chi connectivity index (χ3n) is 5.88. The van der Waals surface area contributed by atoms with Crippen LogP contribution < -0.4 is 11.5 Å². The molecule has 0 saturated carbocycles. The van der Waals surface area contributed by atoms with Crippen molar-refractivity contribution < 1.29 is 36.3 Å². The molecule has 1 aliphatic rings. The van der Waals surface area contributed by atoms with Crippen LogP contribution in [0, 0.1) is 5.41 Å². The molecule has 0 spiro atoms. The van der Waals surface area contributed by atoms with E-state index in [4.69, 9.17) is 38.4 Å². The van der Waals surface area contributed by atoms with Crippen LogP contribution >= 0.6 is 22.9 Å². The lowest BCUT2D eigenvalue weighted by molar-refractivity contribution is -0.192. The Balaban J connectivity index is 0.000000532. The second kappa shape index (κ2) is 11.4. The summed E-state index contributed by atoms with van der Waals surface area (Å²) in [4.78, 5) is 24.2. The molecule has 0 unspecified atom stereocenters. The van der Waals surface area contributed by atoms with Crippen molar-refractivity contribution in [3.8, 4) is 0 Å². The number of carbonyl (C=O) groups is 2. The molecule has 6 N–H and O–H groups in total. The number of rotatable bonds is 6. The molecule has 4 rings (SSSR count). The van der Waals surface area contributed by atoms with Gasteiger partial charge in [0.05, 0.1) is 20.5 Å². The molecule has 3 aromatic rings. The van der Waals surface area contributed by atoms with E-state index in [1.807, 2.05) is 5.38 Å². The van der Waals surface area contributed by atoms with Gasteiger partial charge < -0.3 is 21.5 Å². The number of sulfonamides is 1. The second-order valence-electron chi connectivity index (χ2n) is 8.47. The topological polar surface area (TPSA) is 171 Å². The highest BCUT2D eigenvalue weighted by molar-refractivity contribution is 7.89. The highest BCUT2D eigenvalue weighted by atomic mass is 35.5. The number of carboxylic acids is 1. The van der Waals surface area contributed by atoms with Crippen LogP contribution in [0.4, 0.5) is 18.9 Å². The third kappa shape index (κ3) is 6.61. The van der Waals surface area contributed by atoms with E-state index in [1.165, 1.54) is 24.5 Å². The normalized spacial score (nSPS) is 15.9. The molecular formula is C23H23ClF3N5O5S2. The lowest BCUT2D eigenvalue weighted by atomic mass is 10.1. The van der Waals surface area contributed by atoms with Gasteiger partial charge >= 0.3 is 12.1 Å². The number of nitrogen functional groups attached to an aromatic ring is 2. The second-order valence-corrected chi connectivity index (χ2v) is 11.8. The fourth-order valence-electron chi connectivity index (χ4n) is 3.82. The first-order chi connectivity index (χ1) is 18.0. The van der Waals surface area contributed by atoms with E-state index in [-0.39, 0.29) is 16.6 Å². The zero-order chi connectivity index (χ0) is 29.3. The number of amides is 1. The van der Waals surface area contributed by atoms with Gasteiger partial charge in [-0.1, -0.05) is 23.7 Å². The van der Waals surface area contributed by atoms with Crippen molar-refractivity contribution in [2.45, 2.75) is 30.1 Å². The van der Waals surface area contributed by atoms with Crippen LogP contribution in [0.1, 0.15) is 16.9 Å². The van der Waals surface area contributed by atoms with E-state index in [0.29, 0.717) is 45.9 Å². The zero-order valence-electron chi connectivity index (χ0n) is 20.2. The molecule has 1 saturated heterocycles. The molecule has 210 valence electrons. The summed E-state index contributed by atoms with van der Waals surface area (Å²) in [6, 6.07) is 8.99. The SMILES string of the molecule is CN([C@H]1CCN(Cc2csc(C(=N)N)c2)C1=O)S(=O)(=O)c1ccc2c(Cl)c(N)ccc2c1.O=C(O)C(F)(F)F. The van der Waals surface area contributed by atoms with Crippen LogP contribution in [0.3, 0.4) is 0 Å². The summed E-state index contributed by atoms with van der Waals surface area (Å²) in [7, 11) is -2.47. The van der Waals surface area contributed by atoms with Gasteiger partial charge in [-0.3, -0.25) is 10.2 Å². The number of fused-ring (bicyclic) bond motifs is 1. The van der Waals surface area contributed by atoms with Gasteiger partial charge in [-0.2, -0.15) is 17.5 Å². The largest absolute Gasteiger partial charge is 0.490 e. The van der Waals surface area contributed by atoms with Gasteiger partial charge in [-0.15, -0.1) is 11.3 Å². The number of thiophene rings is 1. The average molecular weight is 606 g/mol. The van der Waals surface area contributed by atoms with E-state index < -0.39 is 28.2 Å². The highest BCUT2D eigenvalue weighted by Gasteiger charge is 2.40. The Morgan fingerprint density at radius 1 is 1.28 bits per heavy atom. The lowest BCUT2D eigenvalue weighted by Gasteiger charge is -2.23. The summed E-state index contributed by atoms with van der Waals surface area (Å²) in [5, 5.41) is 18.2. The third-order valence-corrected chi connectivity index (χ3v) is 9.17. The van der Waals surface area contributed by atoms with Gasteiger partial charge in [0.25, 0.3) is 0 Å². The number of likely N-dealkylation sites (tertiary alicyclic amines) is 1. The van der Waals surface area contributed by atoms with Gasteiger partial charge in [0, 0.05) is 25.5 Å². The number of likely N-dealkylation sites (N-methyl/N-ethyl adjacent to an activating group) is 1. The molecule has 39 heavy (non-hydrogen) atoms. The quantitative estimate of drug-likeness (QED) is 0.189. The van der Waals surface area contributed by atoms with Gasteiger partial charge in [-0.05, 0) is 47.0 Å². The Morgan fingerprint density at radius 2 is 1.92 bits per heavy atom. The van der Waals surface area contributed by atoms with Crippen LogP contribution in [-0.4, -0.2) is 66.3 Å². The number of benzene rings is 2. The van der Waals surface area contributed by atoms with Crippen LogP contribution in [0.25, 0.3) is 10.8 Å². The fraction of sp³-hybridized carbons (Fsp3) is 0.261. The maximum atomic E-state index is 13.3. The Bertz CT molecular complexity index is 1540. The number of amidine groups is 1. The number of aliphatic carboxylic acids is 1. The van der Waals surface area contributed by atoms with E-state index in [9.17, 15) is 26.4 Å². The summed E-state index contributed by atoms with van der Waals surface area (Å²) in [6.07, 6.45) is -4.69. The average Bonchev–Trinajstić information content (AvgIpc) is 3.48. The van der Waals surface area contributed by atoms with Crippen molar-refractivity contribution in [2.24, 2.45) is 5.73 Å². The number of halogens is 4. The standard InChI is InChI=1S/C21H22ClN5O3S2.C2HF3O2/c1-26(17-6-7-27(21(17)28)10-12-8-18(20(24)25)31-11-12)32(29,30)14-3-4-15-13(9-14)2-5-16(23)19(15)22;3-2(4,5)1(6)7/h2-5,8-9,11,17H,6-7,10,23H2,1H3,(H3,24,25);(H,6,7)/t17-;/m0./s1. The number of anilines is 1. The number of hydrogen-bond donors (Lipinski definition) is 4. The Kier molecular flexibility index (Phi) is 8.79. The number of carboxylic acid groups (broad SMARTS) is 1. The van der Waals surface area contributed by atoms with Gasteiger partial charge in [0.2, 0.25) is 15.9 Å². The molecule has 1 fully saturated rings. The van der Waals surface area contributed by atoms with Crippen molar-refractivity contribution in [1.29, 1.82) is 5.41 Å². The number of hydrogen-bond acceptors (Lipinski definition) is 7.